The number of carbonyl (C=O) groups is 2. The fraction of sp³-hybridized carbons (Fsp3) is 0.576. The van der Waals surface area contributed by atoms with E-state index in [9.17, 15) is 9.59 Å². The predicted octanol–water partition coefficient (Wildman–Crippen LogP) is 7.01. The van der Waals surface area contributed by atoms with E-state index < -0.39 is 0 Å². The molecular weight excluding hydrogens is 472 g/mol. The zero-order valence-electron chi connectivity index (χ0n) is 23.7. The van der Waals surface area contributed by atoms with Crippen LogP contribution in [0.4, 0.5) is 0 Å². The summed E-state index contributed by atoms with van der Waals surface area (Å²) in [5, 5.41) is 2.99. The monoisotopic (exact) mass is 520 g/mol. The van der Waals surface area contributed by atoms with Crippen LogP contribution in [-0.2, 0) is 22.5 Å². The number of rotatable bonds is 17. The van der Waals surface area contributed by atoms with Crippen LogP contribution in [0.1, 0.15) is 105 Å². The van der Waals surface area contributed by atoms with Crippen molar-refractivity contribution in [1.29, 1.82) is 0 Å². The van der Waals surface area contributed by atoms with Crippen LogP contribution < -0.4 is 5.32 Å². The average Bonchev–Trinajstić information content (AvgIpc) is 2.93. The van der Waals surface area contributed by atoms with Crippen molar-refractivity contribution in [2.45, 2.75) is 103 Å². The summed E-state index contributed by atoms with van der Waals surface area (Å²) in [6.45, 7) is 6.97. The molecule has 0 aliphatic carbocycles. The van der Waals surface area contributed by atoms with Gasteiger partial charge >= 0.3 is 0 Å². The number of nitrogens with one attached hydrogen (secondary N) is 1. The van der Waals surface area contributed by atoms with E-state index in [1.165, 1.54) is 43.2 Å². The molecule has 1 heterocycles. The number of nitrogens with zero attached hydrogens (tertiary/aromatic N) is 1. The Morgan fingerprint density at radius 3 is 2.24 bits per heavy atom. The minimum absolute atomic E-state index is 0.0624. The lowest BCUT2D eigenvalue weighted by molar-refractivity contribution is -0.121. The van der Waals surface area contributed by atoms with E-state index in [1.807, 2.05) is 36.1 Å². The SMILES string of the molecule is CCCCNC(=O)CCCCCCCCCCOC[C@@H]1Cc2ccccc2CN1C(=O)c1ccc(C)cc1. The molecule has 2 aromatic rings. The third kappa shape index (κ3) is 10.2. The quantitative estimate of drug-likeness (QED) is 0.228. The summed E-state index contributed by atoms with van der Waals surface area (Å²) in [5.74, 6) is 0.295. The zero-order valence-corrected chi connectivity index (χ0v) is 23.7. The molecule has 5 nitrogen and oxygen atoms in total. The van der Waals surface area contributed by atoms with Gasteiger partial charge in [0.2, 0.25) is 5.91 Å². The van der Waals surface area contributed by atoms with Gasteiger partial charge in [-0.3, -0.25) is 9.59 Å². The van der Waals surface area contributed by atoms with E-state index in [-0.39, 0.29) is 17.9 Å². The average molecular weight is 521 g/mol. The Bertz CT molecular complexity index is 972. The third-order valence-corrected chi connectivity index (χ3v) is 7.52. The topological polar surface area (TPSA) is 58.6 Å². The molecule has 0 bridgehead atoms. The van der Waals surface area contributed by atoms with Gasteiger partial charge in [0.25, 0.3) is 5.91 Å². The van der Waals surface area contributed by atoms with E-state index in [0.717, 1.165) is 62.8 Å². The lowest BCUT2D eigenvalue weighted by Gasteiger charge is -2.37. The molecule has 1 N–H and O–H groups in total. The van der Waals surface area contributed by atoms with Gasteiger partial charge in [0.1, 0.15) is 0 Å². The highest BCUT2D eigenvalue weighted by molar-refractivity contribution is 5.94. The Hall–Kier alpha value is -2.66. The summed E-state index contributed by atoms with van der Waals surface area (Å²) in [4.78, 5) is 27.1. The Kier molecular flexibility index (Phi) is 13.4. The number of aryl methyl sites for hydroxylation is 1. The molecule has 0 saturated carbocycles. The Balaban J connectivity index is 1.29. The molecule has 3 rings (SSSR count). The number of ether oxygens (including phenoxy) is 1. The van der Waals surface area contributed by atoms with Crippen LogP contribution in [0.15, 0.2) is 48.5 Å². The fourth-order valence-electron chi connectivity index (χ4n) is 5.10. The van der Waals surface area contributed by atoms with E-state index in [2.05, 4.69) is 36.5 Å². The summed E-state index contributed by atoms with van der Waals surface area (Å²) >= 11 is 0. The molecule has 0 spiro atoms. The number of fused-ring (bicyclic) bond motifs is 1. The van der Waals surface area contributed by atoms with Crippen LogP contribution >= 0.6 is 0 Å². The summed E-state index contributed by atoms with van der Waals surface area (Å²) < 4.78 is 6.11. The van der Waals surface area contributed by atoms with Crippen molar-refractivity contribution < 1.29 is 14.3 Å². The highest BCUT2D eigenvalue weighted by atomic mass is 16.5. The normalized spacial score (nSPS) is 14.8. The summed E-state index contributed by atoms with van der Waals surface area (Å²) in [6.07, 6.45) is 13.0. The van der Waals surface area contributed by atoms with Gasteiger partial charge in [-0.15, -0.1) is 0 Å². The molecule has 208 valence electrons. The number of unbranched alkanes of at least 4 members (excludes halogenated alkanes) is 8. The standard InChI is InChI=1S/C33H48N2O3/c1-3-4-22-34-32(36)17-11-9-7-5-6-8-10-14-23-38-26-31-24-29-15-12-13-16-30(29)25-35(31)33(37)28-20-18-27(2)19-21-28/h12-13,15-16,18-21,31H,3-11,14,17,22-26H2,1-2H3,(H,34,36)/t31-/m0/s1. The van der Waals surface area contributed by atoms with E-state index in [4.69, 9.17) is 4.74 Å². The molecule has 0 aromatic heterocycles. The van der Waals surface area contributed by atoms with E-state index in [0.29, 0.717) is 19.6 Å². The predicted molar refractivity (Wildman–Crippen MR) is 155 cm³/mol. The van der Waals surface area contributed by atoms with Crippen molar-refractivity contribution in [2.75, 3.05) is 19.8 Å². The van der Waals surface area contributed by atoms with Crippen molar-refractivity contribution in [1.82, 2.24) is 10.2 Å². The number of benzene rings is 2. The maximum atomic E-state index is 13.4. The van der Waals surface area contributed by atoms with Crippen LogP contribution in [0, 0.1) is 6.92 Å². The molecule has 0 radical (unpaired) electrons. The first-order chi connectivity index (χ1) is 18.6. The minimum Gasteiger partial charge on any atom is -0.379 e. The second-order valence-electron chi connectivity index (χ2n) is 10.8. The van der Waals surface area contributed by atoms with Crippen molar-refractivity contribution in [3.05, 3.63) is 70.8 Å². The number of hydrogen-bond donors (Lipinski definition) is 1. The molecule has 2 aromatic carbocycles. The van der Waals surface area contributed by atoms with Gasteiger partial charge in [0.05, 0.1) is 12.6 Å². The first-order valence-electron chi connectivity index (χ1n) is 14.9. The zero-order chi connectivity index (χ0) is 27.0. The van der Waals surface area contributed by atoms with Crippen molar-refractivity contribution in [3.63, 3.8) is 0 Å². The third-order valence-electron chi connectivity index (χ3n) is 7.52. The van der Waals surface area contributed by atoms with Crippen molar-refractivity contribution >= 4 is 11.8 Å². The smallest absolute Gasteiger partial charge is 0.254 e. The highest BCUT2D eigenvalue weighted by Gasteiger charge is 2.30. The minimum atomic E-state index is 0.0624. The molecule has 2 amide bonds. The van der Waals surface area contributed by atoms with Gasteiger partial charge in [0, 0.05) is 31.7 Å². The van der Waals surface area contributed by atoms with Crippen LogP contribution in [-0.4, -0.2) is 42.5 Å². The fourth-order valence-corrected chi connectivity index (χ4v) is 5.10. The molecular formula is C33H48N2O3. The molecule has 38 heavy (non-hydrogen) atoms. The second kappa shape index (κ2) is 17.0. The van der Waals surface area contributed by atoms with Crippen LogP contribution in [0.25, 0.3) is 0 Å². The van der Waals surface area contributed by atoms with Crippen LogP contribution in [0.5, 0.6) is 0 Å². The van der Waals surface area contributed by atoms with Crippen molar-refractivity contribution in [2.24, 2.45) is 0 Å². The Morgan fingerprint density at radius 2 is 1.53 bits per heavy atom. The number of carbonyl (C=O) groups excluding carboxylic acids is 2. The van der Waals surface area contributed by atoms with E-state index >= 15 is 0 Å². The molecule has 1 aliphatic heterocycles. The van der Waals surface area contributed by atoms with Crippen LogP contribution in [0.2, 0.25) is 0 Å². The van der Waals surface area contributed by atoms with Gasteiger partial charge in [0.15, 0.2) is 0 Å². The Labute approximate surface area is 230 Å². The van der Waals surface area contributed by atoms with Gasteiger partial charge in [-0.2, -0.15) is 0 Å². The molecule has 0 fully saturated rings. The molecule has 1 atom stereocenters. The van der Waals surface area contributed by atoms with Gasteiger partial charge in [-0.1, -0.05) is 93.8 Å². The molecule has 0 saturated heterocycles. The molecule has 0 unspecified atom stereocenters. The lowest BCUT2D eigenvalue weighted by atomic mass is 9.93. The summed E-state index contributed by atoms with van der Waals surface area (Å²) in [5.41, 5.74) is 4.47. The number of amides is 2. The largest absolute Gasteiger partial charge is 0.379 e. The van der Waals surface area contributed by atoms with Gasteiger partial charge < -0.3 is 15.0 Å². The lowest BCUT2D eigenvalue weighted by Crippen LogP contribution is -2.46. The molecule has 5 heteroatoms. The first-order valence-corrected chi connectivity index (χ1v) is 14.9. The summed E-state index contributed by atoms with van der Waals surface area (Å²) in [6, 6.07) is 16.4. The Morgan fingerprint density at radius 1 is 0.868 bits per heavy atom. The van der Waals surface area contributed by atoms with E-state index in [1.54, 1.807) is 0 Å². The van der Waals surface area contributed by atoms with Crippen molar-refractivity contribution in [3.8, 4) is 0 Å². The maximum Gasteiger partial charge on any atom is 0.254 e. The summed E-state index contributed by atoms with van der Waals surface area (Å²) in [7, 11) is 0. The molecule has 1 aliphatic rings. The van der Waals surface area contributed by atoms with Crippen LogP contribution in [0.3, 0.4) is 0 Å². The first kappa shape index (κ1) is 29.9. The van der Waals surface area contributed by atoms with Gasteiger partial charge in [-0.25, -0.2) is 0 Å². The highest BCUT2D eigenvalue weighted by Crippen LogP contribution is 2.25. The maximum absolute atomic E-state index is 13.4. The number of hydrogen-bond acceptors (Lipinski definition) is 3. The van der Waals surface area contributed by atoms with Gasteiger partial charge in [-0.05, 0) is 55.9 Å². The second-order valence-corrected chi connectivity index (χ2v) is 10.8.